The SMILES string of the molecule is Cc1nn(C)c2ncc(C(=O)N3CCNC(=O)C3)cc12. The van der Waals surface area contributed by atoms with Crippen LogP contribution in [0.15, 0.2) is 12.3 Å². The molecule has 1 saturated heterocycles. The Balaban J connectivity index is 1.95. The number of fused-ring (bicyclic) bond motifs is 1. The fraction of sp³-hybridized carbons (Fsp3) is 0.385. The number of carbonyl (C=O) groups is 2. The van der Waals surface area contributed by atoms with Crippen LogP contribution in [-0.2, 0) is 11.8 Å². The van der Waals surface area contributed by atoms with Crippen LogP contribution in [0.3, 0.4) is 0 Å². The lowest BCUT2D eigenvalue weighted by atomic mass is 10.2. The van der Waals surface area contributed by atoms with Gasteiger partial charge in [-0.2, -0.15) is 5.10 Å². The second-order valence-electron chi connectivity index (χ2n) is 4.88. The lowest BCUT2D eigenvalue weighted by Crippen LogP contribution is -2.49. The molecule has 1 aliphatic heterocycles. The van der Waals surface area contributed by atoms with Crippen LogP contribution >= 0.6 is 0 Å². The quantitative estimate of drug-likeness (QED) is 0.783. The zero-order valence-electron chi connectivity index (χ0n) is 11.4. The number of hydrogen-bond donors (Lipinski definition) is 1. The Bertz CT molecular complexity index is 706. The Hall–Kier alpha value is -2.44. The molecule has 2 aromatic heterocycles. The summed E-state index contributed by atoms with van der Waals surface area (Å²) in [5, 5.41) is 7.84. The molecule has 0 unspecified atom stereocenters. The average molecular weight is 273 g/mol. The molecule has 0 saturated carbocycles. The molecule has 7 heteroatoms. The standard InChI is InChI=1S/C13H15N5O2/c1-8-10-5-9(6-15-12(10)17(2)16-8)13(20)18-4-3-14-11(19)7-18/h5-6H,3-4,7H2,1-2H3,(H,14,19). The smallest absolute Gasteiger partial charge is 0.255 e. The van der Waals surface area contributed by atoms with E-state index in [4.69, 9.17) is 0 Å². The number of nitrogens with zero attached hydrogens (tertiary/aromatic N) is 4. The maximum Gasteiger partial charge on any atom is 0.255 e. The van der Waals surface area contributed by atoms with E-state index in [0.717, 1.165) is 16.7 Å². The summed E-state index contributed by atoms with van der Waals surface area (Å²) in [6.07, 6.45) is 1.54. The van der Waals surface area contributed by atoms with E-state index >= 15 is 0 Å². The first kappa shape index (κ1) is 12.6. The Morgan fingerprint density at radius 3 is 3.00 bits per heavy atom. The number of aryl methyl sites for hydroxylation is 2. The van der Waals surface area contributed by atoms with Gasteiger partial charge in [0.15, 0.2) is 5.65 Å². The fourth-order valence-corrected chi connectivity index (χ4v) is 2.42. The zero-order valence-corrected chi connectivity index (χ0v) is 11.4. The van der Waals surface area contributed by atoms with Crippen molar-refractivity contribution in [1.29, 1.82) is 0 Å². The topological polar surface area (TPSA) is 80.1 Å². The molecule has 20 heavy (non-hydrogen) atoms. The summed E-state index contributed by atoms with van der Waals surface area (Å²) in [6.45, 7) is 3.00. The van der Waals surface area contributed by atoms with E-state index in [-0.39, 0.29) is 18.4 Å². The molecular formula is C13H15N5O2. The van der Waals surface area contributed by atoms with E-state index in [9.17, 15) is 9.59 Å². The molecule has 1 N–H and O–H groups in total. The van der Waals surface area contributed by atoms with Crippen molar-refractivity contribution in [2.45, 2.75) is 6.92 Å². The fourth-order valence-electron chi connectivity index (χ4n) is 2.42. The predicted octanol–water partition coefficient (Wildman–Crippen LogP) is -0.151. The number of amides is 2. The number of pyridine rings is 1. The highest BCUT2D eigenvalue weighted by Gasteiger charge is 2.23. The molecule has 0 bridgehead atoms. The molecule has 104 valence electrons. The molecule has 3 rings (SSSR count). The van der Waals surface area contributed by atoms with E-state index < -0.39 is 0 Å². The van der Waals surface area contributed by atoms with Crippen molar-refractivity contribution in [3.05, 3.63) is 23.5 Å². The normalized spacial score (nSPS) is 15.5. The van der Waals surface area contributed by atoms with Crippen molar-refractivity contribution in [1.82, 2.24) is 25.0 Å². The van der Waals surface area contributed by atoms with E-state index in [1.54, 1.807) is 10.7 Å². The van der Waals surface area contributed by atoms with Crippen molar-refractivity contribution >= 4 is 22.8 Å². The lowest BCUT2D eigenvalue weighted by molar-refractivity contribution is -0.123. The molecule has 1 fully saturated rings. The minimum Gasteiger partial charge on any atom is -0.353 e. The van der Waals surface area contributed by atoms with Gasteiger partial charge >= 0.3 is 0 Å². The van der Waals surface area contributed by atoms with Gasteiger partial charge in [0.1, 0.15) is 0 Å². The molecule has 1 aliphatic rings. The number of piperazine rings is 1. The van der Waals surface area contributed by atoms with Crippen molar-refractivity contribution in [3.63, 3.8) is 0 Å². The van der Waals surface area contributed by atoms with Crippen molar-refractivity contribution in [3.8, 4) is 0 Å². The summed E-state index contributed by atoms with van der Waals surface area (Å²) in [5.41, 5.74) is 2.07. The van der Waals surface area contributed by atoms with Crippen LogP contribution in [-0.4, -0.2) is 51.1 Å². The van der Waals surface area contributed by atoms with Gasteiger partial charge in [-0.15, -0.1) is 0 Å². The third kappa shape index (κ3) is 2.01. The Morgan fingerprint density at radius 2 is 2.25 bits per heavy atom. The van der Waals surface area contributed by atoms with Gasteiger partial charge in [0.05, 0.1) is 17.8 Å². The number of aromatic nitrogens is 3. The number of carbonyl (C=O) groups excluding carboxylic acids is 2. The molecule has 0 atom stereocenters. The van der Waals surface area contributed by atoms with Gasteiger partial charge in [-0.1, -0.05) is 0 Å². The van der Waals surface area contributed by atoms with Gasteiger partial charge in [-0.25, -0.2) is 4.98 Å². The maximum absolute atomic E-state index is 12.4. The molecule has 0 aliphatic carbocycles. The number of nitrogens with one attached hydrogen (secondary N) is 1. The van der Waals surface area contributed by atoms with Gasteiger partial charge in [-0.05, 0) is 13.0 Å². The Morgan fingerprint density at radius 1 is 1.45 bits per heavy atom. The van der Waals surface area contributed by atoms with Crippen LogP contribution in [0, 0.1) is 6.92 Å². The van der Waals surface area contributed by atoms with Crippen molar-refractivity contribution in [2.75, 3.05) is 19.6 Å². The first-order chi connectivity index (χ1) is 9.56. The third-order valence-electron chi connectivity index (χ3n) is 3.44. The average Bonchev–Trinajstić information content (AvgIpc) is 2.73. The summed E-state index contributed by atoms with van der Waals surface area (Å²) >= 11 is 0. The van der Waals surface area contributed by atoms with E-state index in [1.807, 2.05) is 14.0 Å². The lowest BCUT2D eigenvalue weighted by Gasteiger charge is -2.26. The monoisotopic (exact) mass is 273 g/mol. The first-order valence-corrected chi connectivity index (χ1v) is 6.41. The number of hydrogen-bond acceptors (Lipinski definition) is 4. The van der Waals surface area contributed by atoms with Gasteiger partial charge in [0.2, 0.25) is 5.91 Å². The summed E-state index contributed by atoms with van der Waals surface area (Å²) < 4.78 is 1.69. The molecule has 3 heterocycles. The number of rotatable bonds is 1. The van der Waals surface area contributed by atoms with Crippen molar-refractivity contribution in [2.24, 2.45) is 7.05 Å². The van der Waals surface area contributed by atoms with E-state index in [1.165, 1.54) is 11.1 Å². The molecule has 2 amide bonds. The first-order valence-electron chi connectivity index (χ1n) is 6.41. The highest BCUT2D eigenvalue weighted by molar-refractivity contribution is 5.99. The van der Waals surface area contributed by atoms with Gasteiger partial charge in [0, 0.05) is 31.7 Å². The van der Waals surface area contributed by atoms with E-state index in [0.29, 0.717) is 18.7 Å². The van der Waals surface area contributed by atoms with E-state index in [2.05, 4.69) is 15.4 Å². The summed E-state index contributed by atoms with van der Waals surface area (Å²) in [4.78, 5) is 29.6. The highest BCUT2D eigenvalue weighted by atomic mass is 16.2. The molecule has 2 aromatic rings. The van der Waals surface area contributed by atoms with Gasteiger partial charge in [0.25, 0.3) is 5.91 Å². The zero-order chi connectivity index (χ0) is 14.3. The maximum atomic E-state index is 12.4. The molecular weight excluding hydrogens is 258 g/mol. The van der Waals surface area contributed by atoms with Crippen LogP contribution in [0.4, 0.5) is 0 Å². The van der Waals surface area contributed by atoms with Crippen LogP contribution in [0.1, 0.15) is 16.1 Å². The summed E-state index contributed by atoms with van der Waals surface area (Å²) in [5.74, 6) is -0.298. The molecule has 0 spiro atoms. The minimum absolute atomic E-state index is 0.100. The van der Waals surface area contributed by atoms with Gasteiger partial charge < -0.3 is 10.2 Å². The van der Waals surface area contributed by atoms with Crippen LogP contribution in [0.5, 0.6) is 0 Å². The summed E-state index contributed by atoms with van der Waals surface area (Å²) in [6, 6.07) is 1.79. The highest BCUT2D eigenvalue weighted by Crippen LogP contribution is 2.17. The van der Waals surface area contributed by atoms with Crippen LogP contribution in [0.2, 0.25) is 0 Å². The van der Waals surface area contributed by atoms with Crippen LogP contribution in [0.25, 0.3) is 11.0 Å². The minimum atomic E-state index is -0.169. The largest absolute Gasteiger partial charge is 0.353 e. The molecule has 0 aromatic carbocycles. The predicted molar refractivity (Wildman–Crippen MR) is 72.2 cm³/mol. The Labute approximate surface area is 115 Å². The van der Waals surface area contributed by atoms with Crippen LogP contribution < -0.4 is 5.32 Å². The Kier molecular flexibility index (Phi) is 2.89. The second-order valence-corrected chi connectivity index (χ2v) is 4.88. The summed E-state index contributed by atoms with van der Waals surface area (Å²) in [7, 11) is 1.82. The van der Waals surface area contributed by atoms with Gasteiger partial charge in [-0.3, -0.25) is 14.3 Å². The van der Waals surface area contributed by atoms with Crippen molar-refractivity contribution < 1.29 is 9.59 Å². The third-order valence-corrected chi connectivity index (χ3v) is 3.44. The molecule has 7 nitrogen and oxygen atoms in total. The molecule has 0 radical (unpaired) electrons. The second kappa shape index (κ2) is 4.59.